The number of rotatable bonds is 2. The second kappa shape index (κ2) is 5.55. The van der Waals surface area contributed by atoms with E-state index >= 15 is 0 Å². The summed E-state index contributed by atoms with van der Waals surface area (Å²) in [6, 6.07) is 3.98. The van der Waals surface area contributed by atoms with Crippen LogP contribution in [-0.4, -0.2) is 47.4 Å². The van der Waals surface area contributed by atoms with E-state index < -0.39 is 0 Å². The molecule has 0 radical (unpaired) electrons. The number of ether oxygens (including phenoxy) is 2. The molecule has 1 aromatic heterocycles. The van der Waals surface area contributed by atoms with Crippen molar-refractivity contribution in [1.82, 2.24) is 9.88 Å². The number of aromatic nitrogens is 1. The Hall–Kier alpha value is -1.17. The van der Waals surface area contributed by atoms with Crippen LogP contribution in [0, 0.1) is 0 Å². The summed E-state index contributed by atoms with van der Waals surface area (Å²) in [6.45, 7) is 8.58. The van der Waals surface area contributed by atoms with Gasteiger partial charge in [0.2, 0.25) is 0 Å². The van der Waals surface area contributed by atoms with E-state index in [1.54, 1.807) is 6.20 Å². The van der Waals surface area contributed by atoms with E-state index in [0.29, 0.717) is 12.4 Å². The first-order valence-electron chi connectivity index (χ1n) is 7.67. The van der Waals surface area contributed by atoms with E-state index in [0.717, 1.165) is 39.1 Å². The lowest BCUT2D eigenvalue weighted by molar-refractivity contribution is -0.234. The van der Waals surface area contributed by atoms with E-state index in [-0.39, 0.29) is 11.2 Å². The monoisotopic (exact) mass is 291 g/mol. The van der Waals surface area contributed by atoms with E-state index in [2.05, 4.69) is 23.7 Å². The Morgan fingerprint density at radius 3 is 2.95 bits per heavy atom. The van der Waals surface area contributed by atoms with E-state index in [4.69, 9.17) is 15.2 Å². The smallest absolute Gasteiger partial charge is 0.123 e. The Morgan fingerprint density at radius 1 is 1.38 bits per heavy atom. The molecule has 21 heavy (non-hydrogen) atoms. The Kier molecular flexibility index (Phi) is 3.90. The molecule has 2 fully saturated rings. The molecule has 5 heteroatoms. The summed E-state index contributed by atoms with van der Waals surface area (Å²) in [5.74, 6) is 0.579. The highest BCUT2D eigenvalue weighted by atomic mass is 16.6. The van der Waals surface area contributed by atoms with Crippen molar-refractivity contribution in [3.05, 3.63) is 23.9 Å². The molecule has 1 unspecified atom stereocenters. The molecular formula is C16H25N3O2. The summed E-state index contributed by atoms with van der Waals surface area (Å²) in [5.41, 5.74) is 6.67. The van der Waals surface area contributed by atoms with Crippen LogP contribution < -0.4 is 5.73 Å². The van der Waals surface area contributed by atoms with Crippen LogP contribution >= 0.6 is 0 Å². The van der Waals surface area contributed by atoms with Gasteiger partial charge in [0, 0.05) is 32.4 Å². The lowest BCUT2D eigenvalue weighted by atomic mass is 9.90. The van der Waals surface area contributed by atoms with Gasteiger partial charge in [-0.3, -0.25) is 4.90 Å². The van der Waals surface area contributed by atoms with Gasteiger partial charge in [0.1, 0.15) is 11.4 Å². The first kappa shape index (κ1) is 14.8. The molecule has 2 aliphatic rings. The fourth-order valence-corrected chi connectivity index (χ4v) is 3.65. The van der Waals surface area contributed by atoms with E-state index in [1.807, 2.05) is 12.1 Å². The van der Waals surface area contributed by atoms with Gasteiger partial charge in [0.25, 0.3) is 0 Å². The van der Waals surface area contributed by atoms with Gasteiger partial charge in [-0.05, 0) is 44.4 Å². The summed E-state index contributed by atoms with van der Waals surface area (Å²) in [4.78, 5) is 6.51. The van der Waals surface area contributed by atoms with Gasteiger partial charge in [0.15, 0.2) is 0 Å². The van der Waals surface area contributed by atoms with Crippen molar-refractivity contribution >= 4 is 5.82 Å². The highest BCUT2D eigenvalue weighted by Crippen LogP contribution is 2.35. The molecule has 0 bridgehead atoms. The van der Waals surface area contributed by atoms with Crippen LogP contribution in [-0.2, 0) is 16.0 Å². The van der Waals surface area contributed by atoms with Crippen molar-refractivity contribution in [2.75, 3.05) is 32.0 Å². The van der Waals surface area contributed by atoms with Gasteiger partial charge < -0.3 is 15.2 Å². The van der Waals surface area contributed by atoms with Crippen molar-refractivity contribution in [1.29, 1.82) is 0 Å². The zero-order valence-electron chi connectivity index (χ0n) is 13.0. The highest BCUT2D eigenvalue weighted by Gasteiger charge is 2.45. The molecule has 1 atom stereocenters. The lowest BCUT2D eigenvalue weighted by Gasteiger charge is -2.51. The Morgan fingerprint density at radius 2 is 2.24 bits per heavy atom. The van der Waals surface area contributed by atoms with Gasteiger partial charge in [-0.15, -0.1) is 0 Å². The summed E-state index contributed by atoms with van der Waals surface area (Å²) in [7, 11) is 0. The molecule has 2 saturated heterocycles. The average Bonchev–Trinajstić information content (AvgIpc) is 2.37. The van der Waals surface area contributed by atoms with Crippen LogP contribution in [0.2, 0.25) is 0 Å². The van der Waals surface area contributed by atoms with E-state index in [9.17, 15) is 0 Å². The topological polar surface area (TPSA) is 60.6 Å². The van der Waals surface area contributed by atoms with Crippen molar-refractivity contribution in [3.63, 3.8) is 0 Å². The van der Waals surface area contributed by atoms with Crippen molar-refractivity contribution in [3.8, 4) is 0 Å². The molecule has 2 aliphatic heterocycles. The third-order valence-electron chi connectivity index (χ3n) is 4.15. The quantitative estimate of drug-likeness (QED) is 0.900. The molecule has 116 valence electrons. The molecule has 0 saturated carbocycles. The lowest BCUT2D eigenvalue weighted by Crippen LogP contribution is -2.62. The number of morpholine rings is 1. The van der Waals surface area contributed by atoms with Crippen molar-refractivity contribution in [2.24, 2.45) is 0 Å². The minimum atomic E-state index is -0.155. The maximum atomic E-state index is 6.39. The largest absolute Gasteiger partial charge is 0.384 e. The summed E-state index contributed by atoms with van der Waals surface area (Å²) < 4.78 is 12.1. The fourth-order valence-electron chi connectivity index (χ4n) is 3.65. The molecule has 1 aromatic rings. The average molecular weight is 291 g/mol. The summed E-state index contributed by atoms with van der Waals surface area (Å²) in [5, 5.41) is 0. The first-order valence-corrected chi connectivity index (χ1v) is 7.67. The molecule has 3 heterocycles. The van der Waals surface area contributed by atoms with Gasteiger partial charge >= 0.3 is 0 Å². The normalized spacial score (nSPS) is 29.6. The number of anilines is 1. The number of nitrogens with zero attached hydrogens (tertiary/aromatic N) is 2. The molecule has 5 nitrogen and oxygen atoms in total. The third kappa shape index (κ3) is 3.54. The predicted molar refractivity (Wildman–Crippen MR) is 81.9 cm³/mol. The van der Waals surface area contributed by atoms with Crippen LogP contribution in [0.1, 0.15) is 32.3 Å². The first-order chi connectivity index (χ1) is 9.96. The Bertz CT molecular complexity index is 498. The number of hydrogen-bond acceptors (Lipinski definition) is 5. The molecule has 3 rings (SSSR count). The Balaban J connectivity index is 1.75. The van der Waals surface area contributed by atoms with Crippen LogP contribution in [0.3, 0.4) is 0 Å². The molecule has 2 N–H and O–H groups in total. The number of nitrogens with two attached hydrogens (primary N) is 1. The minimum absolute atomic E-state index is 0.154. The fraction of sp³-hybridized carbons (Fsp3) is 0.688. The predicted octanol–water partition coefficient (Wildman–Crippen LogP) is 1.82. The molecule has 0 aliphatic carbocycles. The second-order valence-electron chi connectivity index (χ2n) is 6.94. The third-order valence-corrected chi connectivity index (χ3v) is 4.15. The molecular weight excluding hydrogens is 266 g/mol. The minimum Gasteiger partial charge on any atom is -0.384 e. The Labute approximate surface area is 126 Å². The van der Waals surface area contributed by atoms with Crippen LogP contribution in [0.25, 0.3) is 0 Å². The highest BCUT2D eigenvalue weighted by molar-refractivity contribution is 5.31. The number of pyridine rings is 1. The van der Waals surface area contributed by atoms with E-state index in [1.165, 1.54) is 5.56 Å². The maximum Gasteiger partial charge on any atom is 0.123 e. The molecule has 1 spiro atoms. The summed E-state index contributed by atoms with van der Waals surface area (Å²) >= 11 is 0. The second-order valence-corrected chi connectivity index (χ2v) is 6.94. The zero-order chi connectivity index (χ0) is 14.9. The molecule has 0 aromatic carbocycles. The van der Waals surface area contributed by atoms with Gasteiger partial charge in [0.05, 0.1) is 12.2 Å². The van der Waals surface area contributed by atoms with Crippen LogP contribution in [0.4, 0.5) is 5.82 Å². The van der Waals surface area contributed by atoms with Crippen molar-refractivity contribution < 1.29 is 9.47 Å². The van der Waals surface area contributed by atoms with Gasteiger partial charge in [-0.1, -0.05) is 0 Å². The van der Waals surface area contributed by atoms with Gasteiger partial charge in [-0.2, -0.15) is 0 Å². The number of nitrogen functional groups attached to an aromatic ring is 1. The van der Waals surface area contributed by atoms with Crippen LogP contribution in [0.15, 0.2) is 18.3 Å². The standard InChI is InChI=1S/C16H25N3O2/c1-15(2)10-19(9-13-4-6-18-14(17)8-13)11-16(21-15)5-3-7-20-12-16/h4,6,8H,3,5,7,9-12H2,1-2H3,(H2,17,18). The van der Waals surface area contributed by atoms with Gasteiger partial charge in [-0.25, -0.2) is 4.98 Å². The maximum absolute atomic E-state index is 6.39. The van der Waals surface area contributed by atoms with Crippen LogP contribution in [0.5, 0.6) is 0 Å². The summed E-state index contributed by atoms with van der Waals surface area (Å²) in [6.07, 6.45) is 3.92. The zero-order valence-corrected chi connectivity index (χ0v) is 13.0. The molecule has 0 amide bonds. The SMILES string of the molecule is CC1(C)CN(Cc2ccnc(N)c2)CC2(CCCOC2)O1. The number of hydrogen-bond donors (Lipinski definition) is 1. The van der Waals surface area contributed by atoms with Crippen molar-refractivity contribution in [2.45, 2.75) is 44.4 Å².